The highest BCUT2D eigenvalue weighted by molar-refractivity contribution is 9.12. The van der Waals surface area contributed by atoms with Gasteiger partial charge >= 0.3 is 11.9 Å². The molecule has 0 amide bonds. The number of halogens is 2. The van der Waals surface area contributed by atoms with Gasteiger partial charge in [-0.25, -0.2) is 9.59 Å². The molecule has 9 heteroatoms. The average molecular weight is 540 g/mol. The summed E-state index contributed by atoms with van der Waals surface area (Å²) < 4.78 is 22.6. The first-order valence-corrected chi connectivity index (χ1v) is 10.8. The van der Waals surface area contributed by atoms with Gasteiger partial charge in [-0.2, -0.15) is 0 Å². The molecule has 2 atom stereocenters. The Labute approximate surface area is 187 Å². The molecule has 0 saturated heterocycles. The van der Waals surface area contributed by atoms with E-state index in [1.165, 1.54) is 0 Å². The van der Waals surface area contributed by atoms with E-state index in [9.17, 15) is 9.59 Å². The quantitative estimate of drug-likeness (QED) is 0.485. The number of esters is 2. The highest BCUT2D eigenvalue weighted by Crippen LogP contribution is 2.45. The lowest BCUT2D eigenvalue weighted by Gasteiger charge is -2.19. The molecular formula is C20H12Br2O6S. The molecule has 6 nitrogen and oxygen atoms in total. The van der Waals surface area contributed by atoms with Crippen molar-refractivity contribution in [3.05, 3.63) is 79.4 Å². The maximum absolute atomic E-state index is 12.1. The monoisotopic (exact) mass is 538 g/mol. The smallest absolute Gasteiger partial charge is 0.349 e. The van der Waals surface area contributed by atoms with Crippen LogP contribution in [0.3, 0.4) is 0 Å². The minimum absolute atomic E-state index is 0.217. The van der Waals surface area contributed by atoms with Crippen LogP contribution in [0.2, 0.25) is 0 Å². The molecular weight excluding hydrogens is 528 g/mol. The molecule has 29 heavy (non-hydrogen) atoms. The summed E-state index contributed by atoms with van der Waals surface area (Å²) in [6, 6.07) is 17.9. The van der Waals surface area contributed by atoms with Gasteiger partial charge in [0.15, 0.2) is 0 Å². The molecule has 2 aliphatic rings. The summed E-state index contributed by atoms with van der Waals surface area (Å²) in [6.07, 6.45) is -1.93. The second kappa shape index (κ2) is 8.64. The molecule has 0 bridgehead atoms. The molecule has 2 aliphatic heterocycles. The van der Waals surface area contributed by atoms with Crippen molar-refractivity contribution in [1.82, 2.24) is 0 Å². The Morgan fingerprint density at radius 3 is 1.45 bits per heavy atom. The fraction of sp³-hybridized carbons (Fsp3) is 0.100. The summed E-state index contributed by atoms with van der Waals surface area (Å²) in [5, 5.41) is 0. The van der Waals surface area contributed by atoms with E-state index < -0.39 is 24.5 Å². The van der Waals surface area contributed by atoms with E-state index >= 15 is 0 Å². The van der Waals surface area contributed by atoms with Crippen LogP contribution in [0.5, 0.6) is 11.5 Å². The molecule has 0 N–H and O–H groups in total. The number of para-hydroxylation sites is 2. The molecule has 2 heterocycles. The van der Waals surface area contributed by atoms with Crippen LogP contribution in [0, 0.1) is 0 Å². The van der Waals surface area contributed by atoms with Crippen molar-refractivity contribution in [2.75, 3.05) is 0 Å². The van der Waals surface area contributed by atoms with Crippen LogP contribution in [0.25, 0.3) is 0 Å². The first kappa shape index (κ1) is 20.1. The van der Waals surface area contributed by atoms with Gasteiger partial charge in [0.2, 0.25) is 0 Å². The largest absolute Gasteiger partial charge is 0.450 e. The highest BCUT2D eigenvalue weighted by atomic mass is 79.9. The van der Waals surface area contributed by atoms with E-state index in [0.717, 1.165) is 11.8 Å². The highest BCUT2D eigenvalue weighted by Gasteiger charge is 2.41. The maximum atomic E-state index is 12.1. The van der Waals surface area contributed by atoms with Crippen molar-refractivity contribution in [3.8, 4) is 11.5 Å². The van der Waals surface area contributed by atoms with Gasteiger partial charge in [-0.05, 0) is 56.1 Å². The van der Waals surface area contributed by atoms with Crippen molar-refractivity contribution in [3.63, 3.8) is 0 Å². The topological polar surface area (TPSA) is 71.1 Å². The second-order valence-corrected chi connectivity index (χ2v) is 8.46. The molecule has 0 aliphatic carbocycles. The molecule has 0 aromatic heterocycles. The van der Waals surface area contributed by atoms with E-state index in [1.54, 1.807) is 24.3 Å². The number of hydrogen-bond donors (Lipinski definition) is 0. The number of thioether (sulfide) groups is 1. The normalized spacial score (nSPS) is 21.3. The average Bonchev–Trinajstić information content (AvgIpc) is 3.14. The molecule has 0 radical (unpaired) electrons. The predicted octanol–water partition coefficient (Wildman–Crippen LogP) is 4.86. The third kappa shape index (κ3) is 4.36. The van der Waals surface area contributed by atoms with Gasteiger partial charge in [0.25, 0.3) is 12.6 Å². The fourth-order valence-corrected chi connectivity index (χ4v) is 4.53. The zero-order valence-electron chi connectivity index (χ0n) is 14.5. The summed E-state index contributed by atoms with van der Waals surface area (Å²) in [4.78, 5) is 25.1. The Kier molecular flexibility index (Phi) is 5.98. The van der Waals surface area contributed by atoms with Crippen molar-refractivity contribution in [2.45, 2.75) is 12.6 Å². The second-order valence-electron chi connectivity index (χ2n) is 5.79. The Hall–Kier alpha value is -2.23. The van der Waals surface area contributed by atoms with Gasteiger partial charge in [0.1, 0.15) is 20.5 Å². The lowest BCUT2D eigenvalue weighted by Crippen LogP contribution is -2.21. The number of benzene rings is 2. The predicted molar refractivity (Wildman–Crippen MR) is 113 cm³/mol. The lowest BCUT2D eigenvalue weighted by molar-refractivity contribution is -0.149. The fourth-order valence-electron chi connectivity index (χ4n) is 2.52. The van der Waals surface area contributed by atoms with Gasteiger partial charge in [-0.15, -0.1) is 0 Å². The minimum atomic E-state index is -0.967. The van der Waals surface area contributed by atoms with Crippen LogP contribution < -0.4 is 9.47 Å². The van der Waals surface area contributed by atoms with Crippen molar-refractivity contribution in [2.24, 2.45) is 0 Å². The van der Waals surface area contributed by atoms with E-state index in [0.29, 0.717) is 21.3 Å². The van der Waals surface area contributed by atoms with Crippen LogP contribution in [0.4, 0.5) is 0 Å². The third-order valence-corrected chi connectivity index (χ3v) is 7.10. The van der Waals surface area contributed by atoms with Crippen LogP contribution in [-0.4, -0.2) is 24.5 Å². The number of rotatable bonds is 6. The minimum Gasteiger partial charge on any atom is -0.450 e. The molecule has 0 spiro atoms. The summed E-state index contributed by atoms with van der Waals surface area (Å²) in [5.74, 6) is -0.0456. The van der Waals surface area contributed by atoms with Crippen molar-refractivity contribution >= 4 is 55.6 Å². The third-order valence-electron chi connectivity index (χ3n) is 3.84. The lowest BCUT2D eigenvalue weighted by atomic mass is 10.3. The first-order chi connectivity index (χ1) is 14.0. The number of cyclic esters (lactones) is 2. The molecule has 4 rings (SSSR count). The van der Waals surface area contributed by atoms with Crippen LogP contribution in [0.15, 0.2) is 79.4 Å². The molecule has 0 saturated carbocycles. The summed E-state index contributed by atoms with van der Waals surface area (Å²) >= 11 is 7.62. The standard InChI is InChI=1S/C20H12Br2O6S/c21-13-15(19(27-17(13)23)25-11-7-3-1-4-8-11)29-16-14(22)18(24)28-20(16)26-12-9-5-2-6-10-12/h1-10,19-20H. The van der Waals surface area contributed by atoms with Crippen LogP contribution in [0.1, 0.15) is 0 Å². The molecule has 2 unspecified atom stereocenters. The Bertz CT molecular complexity index is 925. The maximum Gasteiger partial charge on any atom is 0.349 e. The summed E-state index contributed by atoms with van der Waals surface area (Å²) in [5.41, 5.74) is 0. The zero-order valence-corrected chi connectivity index (χ0v) is 18.5. The summed E-state index contributed by atoms with van der Waals surface area (Å²) in [6.45, 7) is 0. The Morgan fingerprint density at radius 1 is 0.690 bits per heavy atom. The van der Waals surface area contributed by atoms with Crippen LogP contribution >= 0.6 is 43.6 Å². The molecule has 2 aromatic carbocycles. The molecule has 2 aromatic rings. The molecule has 0 fully saturated rings. The van der Waals surface area contributed by atoms with Crippen LogP contribution in [-0.2, 0) is 19.1 Å². The van der Waals surface area contributed by atoms with Gasteiger partial charge < -0.3 is 18.9 Å². The Balaban J connectivity index is 1.58. The van der Waals surface area contributed by atoms with Gasteiger partial charge in [0.05, 0.1) is 9.81 Å². The van der Waals surface area contributed by atoms with Crippen molar-refractivity contribution < 1.29 is 28.5 Å². The van der Waals surface area contributed by atoms with Crippen molar-refractivity contribution in [1.29, 1.82) is 0 Å². The Morgan fingerprint density at radius 2 is 1.07 bits per heavy atom. The van der Waals surface area contributed by atoms with E-state index in [2.05, 4.69) is 31.9 Å². The zero-order chi connectivity index (χ0) is 20.4. The van der Waals surface area contributed by atoms with Gasteiger partial charge in [-0.3, -0.25) is 0 Å². The van der Waals surface area contributed by atoms with E-state index in [-0.39, 0.29) is 8.96 Å². The number of carbonyl (C=O) groups excluding carboxylic acids is 2. The number of carbonyl (C=O) groups is 2. The van der Waals surface area contributed by atoms with E-state index in [4.69, 9.17) is 18.9 Å². The van der Waals surface area contributed by atoms with E-state index in [1.807, 2.05) is 36.4 Å². The number of ether oxygens (including phenoxy) is 4. The van der Waals surface area contributed by atoms with Gasteiger partial charge in [0, 0.05) is 0 Å². The number of hydrogen-bond acceptors (Lipinski definition) is 7. The molecule has 148 valence electrons. The summed E-state index contributed by atoms with van der Waals surface area (Å²) in [7, 11) is 0. The first-order valence-electron chi connectivity index (χ1n) is 8.35. The van der Waals surface area contributed by atoms with Gasteiger partial charge in [-0.1, -0.05) is 48.2 Å². The SMILES string of the molecule is O=C1OC(Oc2ccccc2)C(SC2=C(Br)C(=O)OC2Oc2ccccc2)=C1Br.